The summed E-state index contributed by atoms with van der Waals surface area (Å²) in [7, 11) is 2.18. The van der Waals surface area contributed by atoms with Gasteiger partial charge in [0.1, 0.15) is 5.82 Å². The fourth-order valence-electron chi connectivity index (χ4n) is 2.80. The molecule has 2 rings (SSSR count). The molecule has 2 heterocycles. The molecule has 1 aliphatic rings. The van der Waals surface area contributed by atoms with E-state index in [1.54, 1.807) is 6.20 Å². The maximum absolute atomic E-state index is 5.94. The average Bonchev–Trinajstić information content (AvgIpc) is 2.28. The fraction of sp³-hybridized carbons (Fsp3) is 0.643. The van der Waals surface area contributed by atoms with E-state index in [0.29, 0.717) is 10.7 Å². The fourth-order valence-corrected chi connectivity index (χ4v) is 2.90. The van der Waals surface area contributed by atoms with Gasteiger partial charge in [0.15, 0.2) is 0 Å². The third-order valence-corrected chi connectivity index (χ3v) is 4.48. The molecular formula is C14H23ClN4. The van der Waals surface area contributed by atoms with Crippen LogP contribution in [-0.2, 0) is 0 Å². The Morgan fingerprint density at radius 3 is 2.21 bits per heavy atom. The van der Waals surface area contributed by atoms with Crippen LogP contribution >= 0.6 is 11.6 Å². The van der Waals surface area contributed by atoms with Crippen LogP contribution in [0, 0.1) is 0 Å². The van der Waals surface area contributed by atoms with Crippen LogP contribution in [0.15, 0.2) is 12.3 Å². The van der Waals surface area contributed by atoms with E-state index in [1.165, 1.54) is 0 Å². The van der Waals surface area contributed by atoms with E-state index in [1.807, 2.05) is 6.07 Å². The van der Waals surface area contributed by atoms with E-state index in [2.05, 4.69) is 49.5 Å². The Morgan fingerprint density at radius 1 is 1.21 bits per heavy atom. The topological polar surface area (TPSA) is 45.4 Å². The highest BCUT2D eigenvalue weighted by Gasteiger charge is 2.42. The summed E-state index contributed by atoms with van der Waals surface area (Å²) >= 11 is 5.94. The second kappa shape index (κ2) is 4.53. The molecule has 1 fully saturated rings. The zero-order valence-electron chi connectivity index (χ0n) is 12.4. The van der Waals surface area contributed by atoms with Crippen LogP contribution < -0.4 is 10.6 Å². The minimum Gasteiger partial charge on any atom is -0.397 e. The van der Waals surface area contributed by atoms with Gasteiger partial charge in [-0.05, 0) is 34.7 Å². The summed E-state index contributed by atoms with van der Waals surface area (Å²) in [6.07, 6.45) is 1.63. The quantitative estimate of drug-likeness (QED) is 0.860. The second-order valence-corrected chi connectivity index (χ2v) is 7.01. The molecule has 19 heavy (non-hydrogen) atoms. The predicted octanol–water partition coefficient (Wildman–Crippen LogP) is 2.63. The van der Waals surface area contributed by atoms with Crippen molar-refractivity contribution in [3.8, 4) is 0 Å². The number of nitrogens with two attached hydrogens (primary N) is 1. The minimum absolute atomic E-state index is 0.0812. The molecule has 0 aliphatic carbocycles. The number of pyridine rings is 1. The molecule has 1 aromatic heterocycles. The second-order valence-electron chi connectivity index (χ2n) is 6.60. The maximum atomic E-state index is 5.94. The van der Waals surface area contributed by atoms with Gasteiger partial charge >= 0.3 is 0 Å². The molecule has 106 valence electrons. The number of nitrogen functional groups attached to an aromatic ring is 1. The van der Waals surface area contributed by atoms with E-state index < -0.39 is 0 Å². The van der Waals surface area contributed by atoms with Gasteiger partial charge in [0, 0.05) is 36.4 Å². The third kappa shape index (κ3) is 2.65. The zero-order chi connectivity index (χ0) is 14.4. The summed E-state index contributed by atoms with van der Waals surface area (Å²) in [5, 5.41) is 0.511. The number of nitrogens with zero attached hydrogens (tertiary/aromatic N) is 3. The molecule has 5 heteroatoms. The zero-order valence-corrected chi connectivity index (χ0v) is 13.1. The van der Waals surface area contributed by atoms with Crippen LogP contribution in [0.5, 0.6) is 0 Å². The van der Waals surface area contributed by atoms with Crippen molar-refractivity contribution in [2.24, 2.45) is 0 Å². The van der Waals surface area contributed by atoms with Gasteiger partial charge in [-0.15, -0.1) is 0 Å². The van der Waals surface area contributed by atoms with Gasteiger partial charge in [0.25, 0.3) is 0 Å². The first-order valence-electron chi connectivity index (χ1n) is 6.53. The molecule has 0 amide bonds. The average molecular weight is 283 g/mol. The number of hydrogen-bond donors (Lipinski definition) is 1. The SMILES string of the molecule is CN1C(C)(C)CN(c2cc(N)c(Cl)cn2)CC1(C)C. The number of hydrogen-bond acceptors (Lipinski definition) is 4. The van der Waals surface area contributed by atoms with Crippen molar-refractivity contribution < 1.29 is 0 Å². The summed E-state index contributed by atoms with van der Waals surface area (Å²) in [5.74, 6) is 0.899. The summed E-state index contributed by atoms with van der Waals surface area (Å²) in [6.45, 7) is 10.8. The van der Waals surface area contributed by atoms with Crippen molar-refractivity contribution in [2.75, 3.05) is 30.8 Å². The molecule has 1 aliphatic heterocycles. The normalized spacial score (nSPS) is 22.5. The van der Waals surface area contributed by atoms with Gasteiger partial charge < -0.3 is 10.6 Å². The van der Waals surface area contributed by atoms with E-state index in [4.69, 9.17) is 17.3 Å². The Morgan fingerprint density at radius 2 is 1.74 bits per heavy atom. The minimum atomic E-state index is 0.0812. The molecule has 4 nitrogen and oxygen atoms in total. The van der Waals surface area contributed by atoms with Crippen molar-refractivity contribution in [3.05, 3.63) is 17.3 Å². The first kappa shape index (κ1) is 14.4. The number of piperazine rings is 1. The van der Waals surface area contributed by atoms with Gasteiger partial charge in [-0.25, -0.2) is 4.98 Å². The van der Waals surface area contributed by atoms with Gasteiger partial charge in [0.2, 0.25) is 0 Å². The van der Waals surface area contributed by atoms with Crippen molar-refractivity contribution in [1.29, 1.82) is 0 Å². The standard InChI is InChI=1S/C14H23ClN4/c1-13(2)8-19(9-14(3,4)18(13)5)12-6-11(16)10(15)7-17-12/h6-7H,8-9H2,1-5H3,(H2,16,17). The van der Waals surface area contributed by atoms with Crippen molar-refractivity contribution in [3.63, 3.8) is 0 Å². The van der Waals surface area contributed by atoms with E-state index in [9.17, 15) is 0 Å². The molecule has 0 spiro atoms. The number of aromatic nitrogens is 1. The van der Waals surface area contributed by atoms with Crippen LogP contribution in [-0.4, -0.2) is 41.1 Å². The Balaban J connectivity index is 2.33. The Hall–Kier alpha value is -1.00. The first-order valence-corrected chi connectivity index (χ1v) is 6.91. The lowest BCUT2D eigenvalue weighted by Gasteiger charge is -2.55. The molecule has 0 saturated carbocycles. The lowest BCUT2D eigenvalue weighted by atomic mass is 9.88. The van der Waals surface area contributed by atoms with Gasteiger partial charge in [-0.1, -0.05) is 11.6 Å². The highest BCUT2D eigenvalue weighted by molar-refractivity contribution is 6.32. The molecule has 0 bridgehead atoms. The lowest BCUT2D eigenvalue weighted by Crippen LogP contribution is -2.67. The van der Waals surface area contributed by atoms with Crippen LogP contribution in [0.4, 0.5) is 11.5 Å². The number of likely N-dealkylation sites (N-methyl/N-ethyl adjacent to an activating group) is 1. The van der Waals surface area contributed by atoms with Crippen molar-refractivity contribution in [1.82, 2.24) is 9.88 Å². The Labute approximate surface area is 120 Å². The number of rotatable bonds is 1. The van der Waals surface area contributed by atoms with Gasteiger partial charge in [-0.3, -0.25) is 4.90 Å². The molecule has 0 atom stereocenters. The molecule has 1 aromatic rings. The van der Waals surface area contributed by atoms with Crippen LogP contribution in [0.25, 0.3) is 0 Å². The summed E-state index contributed by atoms with van der Waals surface area (Å²) in [6, 6.07) is 1.86. The van der Waals surface area contributed by atoms with Crippen LogP contribution in [0.3, 0.4) is 0 Å². The Kier molecular flexibility index (Phi) is 3.43. The van der Waals surface area contributed by atoms with Gasteiger partial charge in [-0.2, -0.15) is 0 Å². The molecule has 0 radical (unpaired) electrons. The van der Waals surface area contributed by atoms with Crippen LogP contribution in [0.2, 0.25) is 5.02 Å². The molecule has 0 unspecified atom stereocenters. The van der Waals surface area contributed by atoms with Crippen molar-refractivity contribution >= 4 is 23.1 Å². The predicted molar refractivity (Wildman–Crippen MR) is 81.8 cm³/mol. The summed E-state index contributed by atoms with van der Waals surface area (Å²) < 4.78 is 0. The molecule has 0 aromatic carbocycles. The summed E-state index contributed by atoms with van der Waals surface area (Å²) in [4.78, 5) is 9.13. The van der Waals surface area contributed by atoms with E-state index >= 15 is 0 Å². The maximum Gasteiger partial charge on any atom is 0.130 e. The first-order chi connectivity index (χ1) is 8.63. The highest BCUT2D eigenvalue weighted by Crippen LogP contribution is 2.33. The number of anilines is 2. The monoisotopic (exact) mass is 282 g/mol. The Bertz CT molecular complexity index is 466. The van der Waals surface area contributed by atoms with Gasteiger partial charge in [0.05, 0.1) is 10.7 Å². The molecule has 1 saturated heterocycles. The molecular weight excluding hydrogens is 260 g/mol. The molecule has 2 N–H and O–H groups in total. The van der Waals surface area contributed by atoms with E-state index in [0.717, 1.165) is 18.9 Å². The van der Waals surface area contributed by atoms with Crippen LogP contribution in [0.1, 0.15) is 27.7 Å². The summed E-state index contributed by atoms with van der Waals surface area (Å²) in [5.41, 5.74) is 6.63. The van der Waals surface area contributed by atoms with E-state index in [-0.39, 0.29) is 11.1 Å². The third-order valence-electron chi connectivity index (χ3n) is 4.17. The lowest BCUT2D eigenvalue weighted by molar-refractivity contribution is 0.0263. The highest BCUT2D eigenvalue weighted by atomic mass is 35.5. The number of halogens is 1. The largest absolute Gasteiger partial charge is 0.397 e. The van der Waals surface area contributed by atoms with Crippen molar-refractivity contribution in [2.45, 2.75) is 38.8 Å². The smallest absolute Gasteiger partial charge is 0.130 e.